The van der Waals surface area contributed by atoms with E-state index >= 15 is 0 Å². The third-order valence-corrected chi connectivity index (χ3v) is 3.87. The number of unbranched alkanes of at least 4 members (excludes halogenated alkanes) is 1. The molecule has 88 valence electrons. The van der Waals surface area contributed by atoms with Crippen LogP contribution in [0, 0.1) is 6.92 Å². The Morgan fingerprint density at radius 1 is 1.38 bits per heavy atom. The van der Waals surface area contributed by atoms with E-state index in [2.05, 4.69) is 37.2 Å². The second-order valence-electron chi connectivity index (χ2n) is 3.63. The summed E-state index contributed by atoms with van der Waals surface area (Å²) < 4.78 is 0.962. The van der Waals surface area contributed by atoms with Crippen LogP contribution in [0.5, 0.6) is 0 Å². The van der Waals surface area contributed by atoms with Gasteiger partial charge in [0.25, 0.3) is 0 Å². The summed E-state index contributed by atoms with van der Waals surface area (Å²) in [6.07, 6.45) is 2.52. The van der Waals surface area contributed by atoms with Gasteiger partial charge >= 0.3 is 0 Å². The molecule has 0 spiro atoms. The highest BCUT2D eigenvalue weighted by atomic mass is 79.9. The Labute approximate surface area is 113 Å². The highest BCUT2D eigenvalue weighted by Crippen LogP contribution is 2.25. The molecule has 0 bridgehead atoms. The summed E-state index contributed by atoms with van der Waals surface area (Å²) in [6, 6.07) is 5.85. The topological polar surface area (TPSA) is 29.1 Å². The maximum atomic E-state index is 11.6. The van der Waals surface area contributed by atoms with Gasteiger partial charge in [-0.05, 0) is 47.3 Å². The van der Waals surface area contributed by atoms with Gasteiger partial charge in [0, 0.05) is 16.2 Å². The molecule has 1 amide bonds. The van der Waals surface area contributed by atoms with Crippen LogP contribution in [0.3, 0.4) is 0 Å². The molecule has 0 aromatic heterocycles. The van der Waals surface area contributed by atoms with E-state index < -0.39 is 0 Å². The van der Waals surface area contributed by atoms with Crippen LogP contribution in [0.2, 0.25) is 0 Å². The molecule has 0 fully saturated rings. The van der Waals surface area contributed by atoms with Crippen molar-refractivity contribution < 1.29 is 4.79 Å². The number of hydrogen-bond acceptors (Lipinski definition) is 1. The van der Waals surface area contributed by atoms with Gasteiger partial charge < -0.3 is 5.32 Å². The number of carbonyl (C=O) groups is 1. The number of halogens is 2. The Balaban J connectivity index is 2.53. The maximum absolute atomic E-state index is 11.6. The number of alkyl halides is 1. The Morgan fingerprint density at radius 2 is 2.12 bits per heavy atom. The van der Waals surface area contributed by atoms with E-state index in [9.17, 15) is 4.79 Å². The van der Waals surface area contributed by atoms with E-state index in [0.29, 0.717) is 6.42 Å². The molecule has 0 heterocycles. The Hall–Kier alpha value is -0.350. The fraction of sp³-hybridized carbons (Fsp3) is 0.417. The molecule has 0 unspecified atom stereocenters. The van der Waals surface area contributed by atoms with E-state index in [1.54, 1.807) is 0 Å². The third kappa shape index (κ3) is 4.26. The molecule has 2 nitrogen and oxygen atoms in total. The van der Waals surface area contributed by atoms with E-state index in [1.807, 2.05) is 25.1 Å². The van der Waals surface area contributed by atoms with Crippen molar-refractivity contribution in [1.82, 2.24) is 0 Å². The molecule has 0 radical (unpaired) electrons. The second kappa shape index (κ2) is 7.07. The van der Waals surface area contributed by atoms with Gasteiger partial charge in [0.05, 0.1) is 5.69 Å². The highest BCUT2D eigenvalue weighted by Gasteiger charge is 2.06. The number of nitrogens with one attached hydrogen (secondary N) is 1. The van der Waals surface area contributed by atoms with E-state index in [4.69, 9.17) is 0 Å². The summed E-state index contributed by atoms with van der Waals surface area (Å²) in [7, 11) is 0. The molecule has 1 aromatic carbocycles. The van der Waals surface area contributed by atoms with Crippen LogP contribution in [-0.4, -0.2) is 11.2 Å². The van der Waals surface area contributed by atoms with Crippen molar-refractivity contribution in [1.29, 1.82) is 0 Å². The lowest BCUT2D eigenvalue weighted by Crippen LogP contribution is -2.11. The quantitative estimate of drug-likeness (QED) is 0.625. The van der Waals surface area contributed by atoms with Crippen molar-refractivity contribution in [3.63, 3.8) is 0 Å². The smallest absolute Gasteiger partial charge is 0.224 e. The Morgan fingerprint density at radius 3 is 2.81 bits per heavy atom. The molecule has 0 aliphatic rings. The molecule has 0 aliphatic carbocycles. The SMILES string of the molecule is Cc1cccc(NC(=O)CCCCBr)c1Br. The van der Waals surface area contributed by atoms with Crippen molar-refractivity contribution in [2.75, 3.05) is 10.6 Å². The number of hydrogen-bond donors (Lipinski definition) is 1. The first-order valence-corrected chi connectivity index (χ1v) is 7.17. The van der Waals surface area contributed by atoms with Gasteiger partial charge in [-0.25, -0.2) is 0 Å². The van der Waals surface area contributed by atoms with Crippen molar-refractivity contribution in [2.45, 2.75) is 26.2 Å². The molecule has 0 saturated carbocycles. The Bertz CT molecular complexity index is 366. The minimum atomic E-state index is 0.0762. The zero-order chi connectivity index (χ0) is 12.0. The number of carbonyl (C=O) groups excluding carboxylic acids is 1. The van der Waals surface area contributed by atoms with Gasteiger partial charge in [-0.15, -0.1) is 0 Å². The molecule has 0 saturated heterocycles. The van der Waals surface area contributed by atoms with Gasteiger partial charge in [0.1, 0.15) is 0 Å². The summed E-state index contributed by atoms with van der Waals surface area (Å²) in [5, 5.41) is 3.86. The largest absolute Gasteiger partial charge is 0.325 e. The van der Waals surface area contributed by atoms with Crippen LogP contribution in [0.15, 0.2) is 22.7 Å². The van der Waals surface area contributed by atoms with Crippen LogP contribution in [-0.2, 0) is 4.79 Å². The number of anilines is 1. The molecule has 1 aromatic rings. The third-order valence-electron chi connectivity index (χ3n) is 2.25. The van der Waals surface area contributed by atoms with Gasteiger partial charge in [0.2, 0.25) is 5.91 Å². The summed E-state index contributed by atoms with van der Waals surface area (Å²) >= 11 is 6.82. The first kappa shape index (κ1) is 13.7. The fourth-order valence-corrected chi connectivity index (χ4v) is 2.10. The molecule has 1 rings (SSSR count). The highest BCUT2D eigenvalue weighted by molar-refractivity contribution is 9.10. The zero-order valence-electron chi connectivity index (χ0n) is 9.22. The average Bonchev–Trinajstić information content (AvgIpc) is 2.25. The lowest BCUT2D eigenvalue weighted by Gasteiger charge is -2.08. The number of amides is 1. The fourth-order valence-electron chi connectivity index (χ4n) is 1.34. The van der Waals surface area contributed by atoms with Crippen molar-refractivity contribution >= 4 is 43.5 Å². The second-order valence-corrected chi connectivity index (χ2v) is 5.22. The summed E-state index contributed by atoms with van der Waals surface area (Å²) in [5.41, 5.74) is 1.97. The average molecular weight is 349 g/mol. The van der Waals surface area contributed by atoms with Crippen LogP contribution in [0.1, 0.15) is 24.8 Å². The Kier molecular flexibility index (Phi) is 6.06. The van der Waals surface area contributed by atoms with Crippen LogP contribution in [0.25, 0.3) is 0 Å². The van der Waals surface area contributed by atoms with Crippen molar-refractivity contribution in [2.24, 2.45) is 0 Å². The minimum Gasteiger partial charge on any atom is -0.325 e. The van der Waals surface area contributed by atoms with Crippen molar-refractivity contribution in [3.05, 3.63) is 28.2 Å². The lowest BCUT2D eigenvalue weighted by atomic mass is 10.2. The number of benzene rings is 1. The minimum absolute atomic E-state index is 0.0762. The van der Waals surface area contributed by atoms with Gasteiger partial charge in [-0.2, -0.15) is 0 Å². The number of rotatable bonds is 5. The van der Waals surface area contributed by atoms with E-state index in [1.165, 1.54) is 0 Å². The van der Waals surface area contributed by atoms with E-state index in [0.717, 1.165) is 33.9 Å². The maximum Gasteiger partial charge on any atom is 0.224 e. The van der Waals surface area contributed by atoms with Gasteiger partial charge in [-0.1, -0.05) is 28.1 Å². The summed E-state index contributed by atoms with van der Waals surface area (Å²) in [5.74, 6) is 0.0762. The van der Waals surface area contributed by atoms with Gasteiger partial charge in [0.15, 0.2) is 0 Å². The summed E-state index contributed by atoms with van der Waals surface area (Å²) in [4.78, 5) is 11.6. The van der Waals surface area contributed by atoms with Crippen LogP contribution >= 0.6 is 31.9 Å². The normalized spacial score (nSPS) is 10.2. The predicted molar refractivity (Wildman–Crippen MR) is 75.2 cm³/mol. The van der Waals surface area contributed by atoms with Crippen LogP contribution in [0.4, 0.5) is 5.69 Å². The monoisotopic (exact) mass is 347 g/mol. The first-order chi connectivity index (χ1) is 7.65. The van der Waals surface area contributed by atoms with E-state index in [-0.39, 0.29) is 5.91 Å². The molecule has 0 aliphatic heterocycles. The summed E-state index contributed by atoms with van der Waals surface area (Å²) in [6.45, 7) is 2.00. The molecule has 16 heavy (non-hydrogen) atoms. The van der Waals surface area contributed by atoms with Crippen LogP contribution < -0.4 is 5.32 Å². The predicted octanol–water partition coefficient (Wildman–Crippen LogP) is 4.26. The van der Waals surface area contributed by atoms with Crippen molar-refractivity contribution in [3.8, 4) is 0 Å². The first-order valence-electron chi connectivity index (χ1n) is 5.26. The molecular formula is C12H15Br2NO. The van der Waals surface area contributed by atoms with Gasteiger partial charge in [-0.3, -0.25) is 4.79 Å². The molecule has 0 atom stereocenters. The molecule has 1 N–H and O–H groups in total. The molecular weight excluding hydrogens is 334 g/mol. The molecule has 4 heteroatoms. The number of aryl methyl sites for hydroxylation is 1. The lowest BCUT2D eigenvalue weighted by molar-refractivity contribution is -0.116. The zero-order valence-corrected chi connectivity index (χ0v) is 12.4. The standard InChI is InChI=1S/C12H15Br2NO/c1-9-5-4-6-10(12(9)14)15-11(16)7-2-3-8-13/h4-6H,2-3,7-8H2,1H3,(H,15,16).